The Labute approximate surface area is 142 Å². The highest BCUT2D eigenvalue weighted by Gasteiger charge is 2.22. The molecule has 2 aromatic rings. The monoisotopic (exact) mass is 325 g/mol. The van der Waals surface area contributed by atoms with E-state index in [1.165, 1.54) is 17.7 Å². The highest BCUT2D eigenvalue weighted by Crippen LogP contribution is 2.24. The molecule has 2 aliphatic rings. The van der Waals surface area contributed by atoms with Gasteiger partial charge in [0, 0.05) is 46.5 Å². The quantitative estimate of drug-likeness (QED) is 0.839. The highest BCUT2D eigenvalue weighted by atomic mass is 15.4. The summed E-state index contributed by atoms with van der Waals surface area (Å²) in [5.74, 6) is 2.76. The van der Waals surface area contributed by atoms with Gasteiger partial charge in [0.15, 0.2) is 5.82 Å². The van der Waals surface area contributed by atoms with Gasteiger partial charge < -0.3 is 14.7 Å². The van der Waals surface area contributed by atoms with E-state index >= 15 is 0 Å². The van der Waals surface area contributed by atoms with Crippen LogP contribution in [0.5, 0.6) is 0 Å². The first-order chi connectivity index (χ1) is 11.7. The van der Waals surface area contributed by atoms with Crippen LogP contribution in [0.3, 0.4) is 0 Å². The van der Waals surface area contributed by atoms with Crippen molar-refractivity contribution in [3.63, 3.8) is 0 Å². The molecule has 126 valence electrons. The molecule has 3 heterocycles. The van der Waals surface area contributed by atoms with E-state index in [9.17, 15) is 0 Å². The molecule has 2 aromatic heterocycles. The Morgan fingerprint density at radius 1 is 1.00 bits per heavy atom. The molecule has 0 amide bonds. The van der Waals surface area contributed by atoms with E-state index in [-0.39, 0.29) is 0 Å². The Morgan fingerprint density at radius 3 is 2.58 bits per heavy atom. The molecule has 0 atom stereocenters. The molecule has 7 nitrogen and oxygen atoms in total. The van der Waals surface area contributed by atoms with Crippen LogP contribution < -0.4 is 14.7 Å². The van der Waals surface area contributed by atoms with E-state index in [4.69, 9.17) is 0 Å². The van der Waals surface area contributed by atoms with Gasteiger partial charge in [-0.3, -0.25) is 0 Å². The summed E-state index contributed by atoms with van der Waals surface area (Å²) < 4.78 is 0. The molecule has 1 fully saturated rings. The number of piperazine rings is 1. The van der Waals surface area contributed by atoms with Crippen molar-refractivity contribution in [3.8, 4) is 0 Å². The first-order valence-corrected chi connectivity index (χ1v) is 8.56. The Hall–Kier alpha value is -2.44. The summed E-state index contributed by atoms with van der Waals surface area (Å²) in [5, 5.41) is 8.84. The van der Waals surface area contributed by atoms with Gasteiger partial charge in [-0.2, -0.15) is 10.1 Å². The molecular weight excluding hydrogens is 302 g/mol. The second kappa shape index (κ2) is 6.22. The minimum atomic E-state index is 0.806. The van der Waals surface area contributed by atoms with Crippen molar-refractivity contribution in [2.45, 2.75) is 19.3 Å². The van der Waals surface area contributed by atoms with E-state index in [1.54, 1.807) is 0 Å². The molecular formula is C17H23N7. The van der Waals surface area contributed by atoms with E-state index in [2.05, 4.69) is 36.0 Å². The summed E-state index contributed by atoms with van der Waals surface area (Å²) >= 11 is 0. The summed E-state index contributed by atoms with van der Waals surface area (Å²) in [7, 11) is 3.99. The lowest BCUT2D eigenvalue weighted by atomic mass is 10.2. The SMILES string of the molecule is CN(C)c1ccnc(N2CCN(c3cc4c(nn3)CCC4)CC2)n1. The number of aryl methyl sites for hydroxylation is 2. The third-order valence-corrected chi connectivity index (χ3v) is 4.78. The highest BCUT2D eigenvalue weighted by molar-refractivity contribution is 5.47. The average molecular weight is 325 g/mol. The predicted molar refractivity (Wildman–Crippen MR) is 94.8 cm³/mol. The molecule has 0 unspecified atom stereocenters. The Morgan fingerprint density at radius 2 is 1.79 bits per heavy atom. The van der Waals surface area contributed by atoms with Crippen molar-refractivity contribution in [1.29, 1.82) is 0 Å². The standard InChI is InChI=1S/C17H23N7/c1-22(2)15-6-7-18-17(19-15)24-10-8-23(9-11-24)16-12-13-4-3-5-14(13)20-21-16/h6-7,12H,3-5,8-11H2,1-2H3. The van der Waals surface area contributed by atoms with Crippen LogP contribution in [-0.2, 0) is 12.8 Å². The molecule has 4 rings (SSSR count). The molecule has 0 aromatic carbocycles. The second-order valence-corrected chi connectivity index (χ2v) is 6.61. The fraction of sp³-hybridized carbons (Fsp3) is 0.529. The lowest BCUT2D eigenvalue weighted by Crippen LogP contribution is -2.47. The topological polar surface area (TPSA) is 61.3 Å². The summed E-state index contributed by atoms with van der Waals surface area (Å²) in [4.78, 5) is 15.6. The normalized spacial score (nSPS) is 17.1. The van der Waals surface area contributed by atoms with Crippen molar-refractivity contribution in [3.05, 3.63) is 29.6 Å². The van der Waals surface area contributed by atoms with Gasteiger partial charge in [0.05, 0.1) is 5.69 Å². The molecule has 7 heteroatoms. The fourth-order valence-electron chi connectivity index (χ4n) is 3.35. The number of rotatable bonds is 3. The molecule has 1 saturated heterocycles. The van der Waals surface area contributed by atoms with Gasteiger partial charge in [-0.05, 0) is 37.0 Å². The average Bonchev–Trinajstić information content (AvgIpc) is 3.09. The number of anilines is 3. The van der Waals surface area contributed by atoms with Crippen LogP contribution in [0.25, 0.3) is 0 Å². The first-order valence-electron chi connectivity index (χ1n) is 8.56. The number of hydrogen-bond donors (Lipinski definition) is 0. The second-order valence-electron chi connectivity index (χ2n) is 6.61. The van der Waals surface area contributed by atoms with Gasteiger partial charge in [-0.15, -0.1) is 5.10 Å². The summed E-state index contributed by atoms with van der Waals surface area (Å²) in [6, 6.07) is 4.16. The van der Waals surface area contributed by atoms with Crippen LogP contribution in [0.15, 0.2) is 18.3 Å². The van der Waals surface area contributed by atoms with Crippen LogP contribution >= 0.6 is 0 Å². The lowest BCUT2D eigenvalue weighted by molar-refractivity contribution is 0.630. The van der Waals surface area contributed by atoms with Crippen LogP contribution in [0, 0.1) is 0 Å². The van der Waals surface area contributed by atoms with Crippen LogP contribution in [0.4, 0.5) is 17.6 Å². The van der Waals surface area contributed by atoms with E-state index < -0.39 is 0 Å². The maximum atomic E-state index is 4.64. The van der Waals surface area contributed by atoms with Gasteiger partial charge >= 0.3 is 0 Å². The Bertz CT molecular complexity index is 723. The van der Waals surface area contributed by atoms with Gasteiger partial charge in [0.25, 0.3) is 0 Å². The largest absolute Gasteiger partial charge is 0.363 e. The van der Waals surface area contributed by atoms with Crippen molar-refractivity contribution >= 4 is 17.6 Å². The maximum absolute atomic E-state index is 4.64. The maximum Gasteiger partial charge on any atom is 0.227 e. The summed E-state index contributed by atoms with van der Waals surface area (Å²) in [6.07, 6.45) is 5.26. The third kappa shape index (κ3) is 2.86. The zero-order chi connectivity index (χ0) is 16.5. The minimum absolute atomic E-state index is 0.806. The molecule has 1 aliphatic heterocycles. The molecule has 24 heavy (non-hydrogen) atoms. The van der Waals surface area contributed by atoms with Crippen molar-refractivity contribution < 1.29 is 0 Å². The zero-order valence-electron chi connectivity index (χ0n) is 14.3. The molecule has 0 radical (unpaired) electrons. The number of fused-ring (bicyclic) bond motifs is 1. The van der Waals surface area contributed by atoms with Gasteiger partial charge in [0.1, 0.15) is 5.82 Å². The van der Waals surface area contributed by atoms with E-state index in [0.717, 1.165) is 56.6 Å². The number of nitrogens with zero attached hydrogens (tertiary/aromatic N) is 7. The fourth-order valence-corrected chi connectivity index (χ4v) is 3.35. The van der Waals surface area contributed by atoms with Crippen molar-refractivity contribution in [1.82, 2.24) is 20.2 Å². The van der Waals surface area contributed by atoms with Crippen LogP contribution in [0.1, 0.15) is 17.7 Å². The van der Waals surface area contributed by atoms with Gasteiger partial charge in [-0.25, -0.2) is 4.98 Å². The zero-order valence-corrected chi connectivity index (χ0v) is 14.3. The smallest absolute Gasteiger partial charge is 0.227 e. The molecule has 0 bridgehead atoms. The summed E-state index contributed by atoms with van der Waals surface area (Å²) in [5.41, 5.74) is 2.57. The predicted octanol–water partition coefficient (Wildman–Crippen LogP) is 1.15. The van der Waals surface area contributed by atoms with Crippen LogP contribution in [0.2, 0.25) is 0 Å². The molecule has 1 aliphatic carbocycles. The first kappa shape index (κ1) is 15.1. The summed E-state index contributed by atoms with van der Waals surface area (Å²) in [6.45, 7) is 3.64. The number of hydrogen-bond acceptors (Lipinski definition) is 7. The Balaban J connectivity index is 1.44. The molecule has 0 N–H and O–H groups in total. The van der Waals surface area contributed by atoms with E-state index in [0.29, 0.717) is 0 Å². The minimum Gasteiger partial charge on any atom is -0.363 e. The number of aromatic nitrogens is 4. The van der Waals surface area contributed by atoms with Crippen LogP contribution in [-0.4, -0.2) is 60.4 Å². The van der Waals surface area contributed by atoms with Crippen molar-refractivity contribution in [2.75, 3.05) is 55.0 Å². The molecule has 0 saturated carbocycles. The van der Waals surface area contributed by atoms with E-state index in [1.807, 2.05) is 31.3 Å². The van der Waals surface area contributed by atoms with Crippen molar-refractivity contribution in [2.24, 2.45) is 0 Å². The Kier molecular flexibility index (Phi) is 3.92. The van der Waals surface area contributed by atoms with Gasteiger partial charge in [-0.1, -0.05) is 0 Å². The van der Waals surface area contributed by atoms with Gasteiger partial charge in [0.2, 0.25) is 5.95 Å². The third-order valence-electron chi connectivity index (χ3n) is 4.78. The lowest BCUT2D eigenvalue weighted by Gasteiger charge is -2.35. The molecule has 0 spiro atoms.